The first-order valence-corrected chi connectivity index (χ1v) is 4.63. The molecular weight excluding hydrogens is 283 g/mol. The minimum Gasteiger partial charge on any atom is -0.497 e. The molecule has 0 atom stereocenters. The molecule has 0 fully saturated rings. The molecule has 0 aliphatic heterocycles. The summed E-state index contributed by atoms with van der Waals surface area (Å²) in [5.41, 5.74) is 0. The SMILES string of the molecule is CC(=O)O.COc1ccc(I)cc1. The lowest BCUT2D eigenvalue weighted by molar-refractivity contribution is -0.134. The highest BCUT2D eigenvalue weighted by atomic mass is 127. The first-order chi connectivity index (χ1) is 6.06. The van der Waals surface area contributed by atoms with Crippen molar-refractivity contribution in [2.75, 3.05) is 7.11 Å². The van der Waals surface area contributed by atoms with Gasteiger partial charge in [-0.25, -0.2) is 0 Å². The number of carbonyl (C=O) groups is 1. The Morgan fingerprint density at radius 1 is 1.38 bits per heavy atom. The van der Waals surface area contributed by atoms with Gasteiger partial charge in [0.15, 0.2) is 0 Å². The lowest BCUT2D eigenvalue weighted by Crippen LogP contribution is -1.80. The Morgan fingerprint density at radius 2 is 1.77 bits per heavy atom. The number of methoxy groups -OCH3 is 1. The summed E-state index contributed by atoms with van der Waals surface area (Å²) in [5.74, 6) is 0.0791. The Balaban J connectivity index is 0.000000310. The molecule has 0 amide bonds. The second-order valence-corrected chi connectivity index (χ2v) is 3.42. The lowest BCUT2D eigenvalue weighted by atomic mass is 10.3. The van der Waals surface area contributed by atoms with Crippen LogP contribution in [-0.2, 0) is 4.79 Å². The van der Waals surface area contributed by atoms with Gasteiger partial charge in [0.1, 0.15) is 5.75 Å². The molecule has 0 heterocycles. The van der Waals surface area contributed by atoms with E-state index < -0.39 is 5.97 Å². The van der Waals surface area contributed by atoms with Gasteiger partial charge >= 0.3 is 0 Å². The second kappa shape index (κ2) is 6.71. The van der Waals surface area contributed by atoms with Crippen molar-refractivity contribution >= 4 is 28.6 Å². The van der Waals surface area contributed by atoms with E-state index >= 15 is 0 Å². The van der Waals surface area contributed by atoms with E-state index in [1.165, 1.54) is 3.57 Å². The number of carboxylic acid groups (broad SMARTS) is 1. The third-order valence-corrected chi connectivity index (χ3v) is 1.77. The van der Waals surface area contributed by atoms with Crippen molar-refractivity contribution in [3.05, 3.63) is 27.8 Å². The van der Waals surface area contributed by atoms with Crippen LogP contribution in [0, 0.1) is 3.57 Å². The molecule has 0 unspecified atom stereocenters. The zero-order valence-electron chi connectivity index (χ0n) is 7.45. The van der Waals surface area contributed by atoms with Crippen LogP contribution in [0.3, 0.4) is 0 Å². The molecule has 72 valence electrons. The molecule has 0 aliphatic carbocycles. The third-order valence-electron chi connectivity index (χ3n) is 1.05. The number of benzene rings is 1. The van der Waals surface area contributed by atoms with Crippen molar-refractivity contribution < 1.29 is 14.6 Å². The summed E-state index contributed by atoms with van der Waals surface area (Å²) in [5, 5.41) is 7.42. The minimum atomic E-state index is -0.833. The van der Waals surface area contributed by atoms with Crippen molar-refractivity contribution in [2.24, 2.45) is 0 Å². The van der Waals surface area contributed by atoms with Crippen molar-refractivity contribution in [1.82, 2.24) is 0 Å². The summed E-state index contributed by atoms with van der Waals surface area (Å²) in [6.07, 6.45) is 0. The van der Waals surface area contributed by atoms with E-state index in [9.17, 15) is 0 Å². The van der Waals surface area contributed by atoms with E-state index in [-0.39, 0.29) is 0 Å². The summed E-state index contributed by atoms with van der Waals surface area (Å²) in [6.45, 7) is 1.08. The largest absolute Gasteiger partial charge is 0.497 e. The molecular formula is C9H11IO3. The van der Waals surface area contributed by atoms with Gasteiger partial charge in [-0.2, -0.15) is 0 Å². The van der Waals surface area contributed by atoms with E-state index in [4.69, 9.17) is 14.6 Å². The van der Waals surface area contributed by atoms with E-state index in [1.807, 2.05) is 24.3 Å². The van der Waals surface area contributed by atoms with Crippen LogP contribution in [-0.4, -0.2) is 18.2 Å². The molecule has 0 saturated heterocycles. The molecule has 4 heteroatoms. The normalized spacial score (nSPS) is 8.23. The van der Waals surface area contributed by atoms with Crippen LogP contribution < -0.4 is 4.74 Å². The van der Waals surface area contributed by atoms with Crippen molar-refractivity contribution in [1.29, 1.82) is 0 Å². The van der Waals surface area contributed by atoms with E-state index in [2.05, 4.69) is 22.6 Å². The van der Waals surface area contributed by atoms with Crippen molar-refractivity contribution in [3.63, 3.8) is 0 Å². The highest BCUT2D eigenvalue weighted by Crippen LogP contribution is 2.11. The number of halogens is 1. The van der Waals surface area contributed by atoms with E-state index in [0.717, 1.165) is 12.7 Å². The average molecular weight is 294 g/mol. The molecule has 0 saturated carbocycles. The summed E-state index contributed by atoms with van der Waals surface area (Å²) in [4.78, 5) is 9.00. The monoisotopic (exact) mass is 294 g/mol. The zero-order valence-corrected chi connectivity index (χ0v) is 9.61. The Kier molecular flexibility index (Phi) is 6.30. The van der Waals surface area contributed by atoms with Gasteiger partial charge < -0.3 is 9.84 Å². The van der Waals surface area contributed by atoms with Crippen LogP contribution in [0.1, 0.15) is 6.92 Å². The van der Waals surface area contributed by atoms with Crippen molar-refractivity contribution in [2.45, 2.75) is 6.92 Å². The first-order valence-electron chi connectivity index (χ1n) is 3.55. The Hall–Kier alpha value is -0.780. The number of rotatable bonds is 1. The topological polar surface area (TPSA) is 46.5 Å². The molecule has 0 spiro atoms. The van der Waals surface area contributed by atoms with Crippen LogP contribution in [0.5, 0.6) is 5.75 Å². The fourth-order valence-corrected chi connectivity index (χ4v) is 0.930. The molecule has 1 aromatic carbocycles. The maximum atomic E-state index is 9.00. The predicted octanol–water partition coefficient (Wildman–Crippen LogP) is 2.39. The smallest absolute Gasteiger partial charge is 0.300 e. The van der Waals surface area contributed by atoms with Gasteiger partial charge in [-0.1, -0.05) is 0 Å². The maximum absolute atomic E-state index is 9.00. The molecule has 0 aliphatic rings. The van der Waals surface area contributed by atoms with Crippen LogP contribution in [0.2, 0.25) is 0 Å². The molecule has 1 rings (SSSR count). The van der Waals surface area contributed by atoms with Crippen LogP contribution in [0.15, 0.2) is 24.3 Å². The van der Waals surface area contributed by atoms with Gasteiger partial charge in [0.05, 0.1) is 7.11 Å². The Labute approximate surface area is 90.9 Å². The standard InChI is InChI=1S/C7H7IO.C2H4O2/c1-9-7-4-2-6(8)3-5-7;1-2(3)4/h2-5H,1H3;1H3,(H,3,4). The summed E-state index contributed by atoms with van der Waals surface area (Å²) < 4.78 is 6.20. The fourth-order valence-electron chi connectivity index (χ4n) is 0.571. The number of ether oxygens (including phenoxy) is 1. The summed E-state index contributed by atoms with van der Waals surface area (Å²) in [7, 11) is 1.67. The highest BCUT2D eigenvalue weighted by Gasteiger charge is 1.86. The number of carboxylic acids is 1. The second-order valence-electron chi connectivity index (χ2n) is 2.18. The maximum Gasteiger partial charge on any atom is 0.300 e. The quantitative estimate of drug-likeness (QED) is 0.809. The first kappa shape index (κ1) is 12.2. The third kappa shape index (κ3) is 7.58. The van der Waals surface area contributed by atoms with Crippen LogP contribution in [0.25, 0.3) is 0 Å². The number of aliphatic carboxylic acids is 1. The minimum absolute atomic E-state index is 0.833. The van der Waals surface area contributed by atoms with Crippen molar-refractivity contribution in [3.8, 4) is 5.75 Å². The molecule has 0 bridgehead atoms. The van der Waals surface area contributed by atoms with Gasteiger partial charge in [0.25, 0.3) is 5.97 Å². The van der Waals surface area contributed by atoms with E-state index in [0.29, 0.717) is 0 Å². The molecule has 0 aromatic heterocycles. The van der Waals surface area contributed by atoms with Gasteiger partial charge in [0, 0.05) is 10.5 Å². The molecule has 1 aromatic rings. The lowest BCUT2D eigenvalue weighted by Gasteiger charge is -1.96. The molecule has 13 heavy (non-hydrogen) atoms. The highest BCUT2D eigenvalue weighted by molar-refractivity contribution is 14.1. The van der Waals surface area contributed by atoms with Crippen LogP contribution in [0.4, 0.5) is 0 Å². The molecule has 0 radical (unpaired) electrons. The van der Waals surface area contributed by atoms with Gasteiger partial charge in [-0.05, 0) is 46.9 Å². The summed E-state index contributed by atoms with van der Waals surface area (Å²) >= 11 is 2.26. The van der Waals surface area contributed by atoms with Gasteiger partial charge in [-0.3, -0.25) is 4.79 Å². The predicted molar refractivity (Wildman–Crippen MR) is 59.0 cm³/mol. The van der Waals surface area contributed by atoms with E-state index in [1.54, 1.807) is 7.11 Å². The average Bonchev–Trinajstić information content (AvgIpc) is 2.05. The Bertz CT molecular complexity index is 252. The zero-order chi connectivity index (χ0) is 10.3. The fraction of sp³-hybridized carbons (Fsp3) is 0.222. The molecule has 3 nitrogen and oxygen atoms in total. The van der Waals surface area contributed by atoms with Crippen LogP contribution >= 0.6 is 22.6 Å². The van der Waals surface area contributed by atoms with Gasteiger partial charge in [0.2, 0.25) is 0 Å². The summed E-state index contributed by atoms with van der Waals surface area (Å²) in [6, 6.07) is 7.92. The molecule has 1 N–H and O–H groups in total. The Morgan fingerprint density at radius 3 is 2.08 bits per heavy atom. The number of hydrogen-bond acceptors (Lipinski definition) is 2. The van der Waals surface area contributed by atoms with Gasteiger partial charge in [-0.15, -0.1) is 0 Å². The number of hydrogen-bond donors (Lipinski definition) is 1.